The molecule has 2 aromatic carbocycles. The van der Waals surface area contributed by atoms with Gasteiger partial charge in [0.2, 0.25) is 5.88 Å². The van der Waals surface area contributed by atoms with E-state index in [1.54, 1.807) is 17.5 Å². The molecule has 12 nitrogen and oxygen atoms in total. The number of rotatable bonds is 11. The fourth-order valence-corrected chi connectivity index (χ4v) is 4.37. The first kappa shape index (κ1) is 28.0. The maximum Gasteiger partial charge on any atom is 0.412 e. The SMILES string of the molecule is C[C@H](N/N=[P+](\[O-])Oc1ccc(OC[C@H]2OC(n3cc(F)c(N)nc3=O)=CS2)cc1)C(=O)OCc1ccccc1. The molecule has 3 aromatic rings. The van der Waals surface area contributed by atoms with Gasteiger partial charge in [-0.15, -0.1) is 0 Å². The summed E-state index contributed by atoms with van der Waals surface area (Å²) >= 11 is 1.24. The van der Waals surface area contributed by atoms with Gasteiger partial charge in [0, 0.05) is 10.3 Å². The van der Waals surface area contributed by atoms with Crippen molar-refractivity contribution in [1.82, 2.24) is 15.0 Å². The maximum atomic E-state index is 13.7. The van der Waals surface area contributed by atoms with Crippen LogP contribution in [0, 0.1) is 5.82 Å². The van der Waals surface area contributed by atoms with Crippen molar-refractivity contribution < 1.29 is 32.8 Å². The summed E-state index contributed by atoms with van der Waals surface area (Å²) < 4.78 is 36.3. The number of carbonyl (C=O) groups excluding carboxylic acids is 1. The fraction of sp³-hybridized carbons (Fsp3) is 0.208. The van der Waals surface area contributed by atoms with E-state index in [9.17, 15) is 18.9 Å². The molecule has 0 radical (unpaired) electrons. The number of ether oxygens (including phenoxy) is 3. The highest BCUT2D eigenvalue weighted by molar-refractivity contribution is 8.03. The minimum absolute atomic E-state index is 0.105. The zero-order chi connectivity index (χ0) is 27.8. The first-order valence-electron chi connectivity index (χ1n) is 11.4. The first-order valence-corrected chi connectivity index (χ1v) is 13.5. The fourth-order valence-electron chi connectivity index (χ4n) is 3.03. The van der Waals surface area contributed by atoms with Crippen molar-refractivity contribution in [3.63, 3.8) is 0 Å². The van der Waals surface area contributed by atoms with E-state index >= 15 is 0 Å². The summed E-state index contributed by atoms with van der Waals surface area (Å²) in [6.45, 7) is 1.75. The van der Waals surface area contributed by atoms with E-state index in [4.69, 9.17) is 24.5 Å². The number of thioether (sulfide) groups is 1. The van der Waals surface area contributed by atoms with Crippen LogP contribution in [0.3, 0.4) is 0 Å². The van der Waals surface area contributed by atoms with Crippen molar-refractivity contribution in [2.75, 3.05) is 12.3 Å². The van der Waals surface area contributed by atoms with Gasteiger partial charge in [-0.05, 0) is 36.8 Å². The highest BCUT2D eigenvalue weighted by atomic mass is 32.2. The number of carbonyl (C=O) groups is 1. The number of anilines is 1. The molecule has 0 fully saturated rings. The highest BCUT2D eigenvalue weighted by Gasteiger charge is 2.23. The predicted octanol–water partition coefficient (Wildman–Crippen LogP) is 2.76. The number of halogens is 1. The van der Waals surface area contributed by atoms with Crippen molar-refractivity contribution in [3.8, 4) is 11.5 Å². The van der Waals surface area contributed by atoms with Gasteiger partial charge < -0.3 is 24.8 Å². The lowest BCUT2D eigenvalue weighted by atomic mass is 10.2. The molecule has 4 rings (SSSR count). The second kappa shape index (κ2) is 13.2. The molecule has 15 heteroatoms. The Hall–Kier alpha value is -3.97. The number of hydrogen-bond acceptors (Lipinski definition) is 11. The van der Waals surface area contributed by atoms with Crippen LogP contribution in [0.15, 0.2) is 75.9 Å². The Labute approximate surface area is 227 Å². The number of nitrogens with two attached hydrogens (primary N) is 1. The van der Waals surface area contributed by atoms with Crippen LogP contribution in [0.1, 0.15) is 12.5 Å². The largest absolute Gasteiger partial charge is 0.574 e. The number of nitrogens with zero attached hydrogens (tertiary/aromatic N) is 3. The van der Waals surface area contributed by atoms with Crippen molar-refractivity contribution in [2.24, 2.45) is 4.85 Å². The number of nitrogens with one attached hydrogen (secondary N) is 1. The first-order chi connectivity index (χ1) is 18.8. The Morgan fingerprint density at radius 1 is 1.28 bits per heavy atom. The number of esters is 1. The van der Waals surface area contributed by atoms with E-state index in [-0.39, 0.29) is 24.8 Å². The minimum Gasteiger partial charge on any atom is -0.574 e. The van der Waals surface area contributed by atoms with Crippen molar-refractivity contribution in [2.45, 2.75) is 25.0 Å². The van der Waals surface area contributed by atoms with Crippen LogP contribution in [0.4, 0.5) is 10.2 Å². The Bertz CT molecular complexity index is 1420. The third kappa shape index (κ3) is 8.01. The average Bonchev–Trinajstić information content (AvgIpc) is 3.41. The summed E-state index contributed by atoms with van der Waals surface area (Å²) in [5.74, 6) is -1.04. The van der Waals surface area contributed by atoms with E-state index in [1.807, 2.05) is 30.3 Å². The summed E-state index contributed by atoms with van der Waals surface area (Å²) in [7, 11) is -2.51. The minimum atomic E-state index is -2.51. The molecule has 1 aliphatic heterocycles. The monoisotopic (exact) mass is 575 g/mol. The van der Waals surface area contributed by atoms with Gasteiger partial charge in [0.1, 0.15) is 25.0 Å². The number of nitrogen functional groups attached to an aromatic ring is 1. The van der Waals surface area contributed by atoms with Gasteiger partial charge in [-0.2, -0.15) is 10.4 Å². The second-order valence-corrected chi connectivity index (χ2v) is 9.81. The van der Waals surface area contributed by atoms with Crippen LogP contribution in [0.2, 0.25) is 0 Å². The van der Waals surface area contributed by atoms with Crippen LogP contribution in [-0.2, 0) is 20.9 Å². The highest BCUT2D eigenvalue weighted by Crippen LogP contribution is 2.31. The predicted molar refractivity (Wildman–Crippen MR) is 140 cm³/mol. The van der Waals surface area contributed by atoms with E-state index < -0.39 is 42.9 Å². The summed E-state index contributed by atoms with van der Waals surface area (Å²) in [5.41, 5.74) is 7.34. The Kier molecular flexibility index (Phi) is 9.49. The standard InChI is InChI=1S/C24H23FN5O7PS/c1-15(23(31)35-12-16-5-3-2-4-6-16)28-29-38(33)37-18-9-7-17(8-10-18)34-13-21-36-20(14-39-21)30-11-19(25)22(26)27-24(30)32/h2-11,14-15,21,28H,12-13H2,1H3,(H2,26,27,32)/t15-,21-/m0/s1. The van der Waals surface area contributed by atoms with Crippen molar-refractivity contribution >= 4 is 37.6 Å². The van der Waals surface area contributed by atoms with Gasteiger partial charge in [0.15, 0.2) is 22.8 Å². The van der Waals surface area contributed by atoms with Crippen LogP contribution in [0.5, 0.6) is 11.5 Å². The van der Waals surface area contributed by atoms with E-state index in [0.717, 1.165) is 16.3 Å². The molecular formula is C24H23FN5O7PS. The zero-order valence-corrected chi connectivity index (χ0v) is 22.1. The molecule has 1 unspecified atom stereocenters. The molecule has 39 heavy (non-hydrogen) atoms. The van der Waals surface area contributed by atoms with Gasteiger partial charge in [-0.3, -0.25) is 9.32 Å². The van der Waals surface area contributed by atoms with Crippen molar-refractivity contribution in [1.29, 1.82) is 0 Å². The van der Waals surface area contributed by atoms with E-state index in [1.165, 1.54) is 30.8 Å². The Morgan fingerprint density at radius 2 is 2.00 bits per heavy atom. The smallest absolute Gasteiger partial charge is 0.412 e. The summed E-state index contributed by atoms with van der Waals surface area (Å²) in [5, 5.41) is 1.54. The van der Waals surface area contributed by atoms with Gasteiger partial charge >= 0.3 is 19.8 Å². The summed E-state index contributed by atoms with van der Waals surface area (Å²) in [4.78, 5) is 43.2. The molecule has 1 aromatic heterocycles. The molecule has 0 saturated heterocycles. The third-order valence-electron chi connectivity index (χ3n) is 5.02. The summed E-state index contributed by atoms with van der Waals surface area (Å²) in [6, 6.07) is 14.6. The quantitative estimate of drug-likeness (QED) is 0.196. The number of benzene rings is 2. The number of aromatic nitrogens is 2. The van der Waals surface area contributed by atoms with Gasteiger partial charge in [0.05, 0.1) is 6.20 Å². The molecule has 3 N–H and O–H groups in total. The second-order valence-electron chi connectivity index (χ2n) is 7.92. The molecule has 0 aliphatic carbocycles. The van der Waals surface area contributed by atoms with Crippen LogP contribution < -0.4 is 31.0 Å². The molecule has 0 saturated carbocycles. The molecule has 1 aliphatic rings. The zero-order valence-electron chi connectivity index (χ0n) is 20.4. The average molecular weight is 576 g/mol. The Morgan fingerprint density at radius 3 is 2.74 bits per heavy atom. The number of hydrogen-bond donors (Lipinski definition) is 2. The van der Waals surface area contributed by atoms with Gasteiger partial charge in [-0.25, -0.2) is 13.8 Å². The molecule has 3 atom stereocenters. The molecular weight excluding hydrogens is 552 g/mol. The molecule has 0 amide bonds. The summed E-state index contributed by atoms with van der Waals surface area (Å²) in [6.07, 6.45) is 0.907. The Balaban J connectivity index is 1.20. The lowest BCUT2D eigenvalue weighted by Crippen LogP contribution is -2.31. The van der Waals surface area contributed by atoms with Crippen LogP contribution in [0.25, 0.3) is 5.88 Å². The van der Waals surface area contributed by atoms with Crippen molar-refractivity contribution in [3.05, 3.63) is 88.1 Å². The van der Waals surface area contributed by atoms with E-state index in [2.05, 4.69) is 15.3 Å². The molecule has 0 bridgehead atoms. The molecule has 2 heterocycles. The molecule has 204 valence electrons. The van der Waals surface area contributed by atoms with Crippen LogP contribution in [-0.4, -0.2) is 33.6 Å². The topological polar surface area (TPSA) is 162 Å². The van der Waals surface area contributed by atoms with Gasteiger partial charge in [-0.1, -0.05) is 42.1 Å². The van der Waals surface area contributed by atoms with Gasteiger partial charge in [0.25, 0.3) is 0 Å². The lowest BCUT2D eigenvalue weighted by Gasteiger charge is -2.14. The lowest BCUT2D eigenvalue weighted by molar-refractivity contribution is -0.169. The maximum absolute atomic E-state index is 13.7. The van der Waals surface area contributed by atoms with Crippen LogP contribution >= 0.6 is 19.9 Å². The van der Waals surface area contributed by atoms with E-state index in [0.29, 0.717) is 5.75 Å². The normalized spacial score (nSPS) is 15.7. The third-order valence-corrected chi connectivity index (χ3v) is 6.54. The molecule has 0 spiro atoms.